The van der Waals surface area contributed by atoms with Gasteiger partial charge in [-0.1, -0.05) is 12.8 Å². The van der Waals surface area contributed by atoms with Crippen molar-refractivity contribution in [1.29, 1.82) is 0 Å². The second-order valence-electron chi connectivity index (χ2n) is 5.57. The van der Waals surface area contributed by atoms with Gasteiger partial charge in [-0.15, -0.1) is 0 Å². The molecule has 0 bridgehead atoms. The summed E-state index contributed by atoms with van der Waals surface area (Å²) in [6.07, 6.45) is 4.90. The topological polar surface area (TPSA) is 49.3 Å². The molecule has 0 spiro atoms. The number of anilines is 1. The lowest BCUT2D eigenvalue weighted by atomic mass is 10.2. The van der Waals surface area contributed by atoms with Crippen molar-refractivity contribution in [3.05, 3.63) is 17.5 Å². The molecule has 1 fully saturated rings. The minimum absolute atomic E-state index is 0.00146. The van der Waals surface area contributed by atoms with E-state index >= 15 is 0 Å². The van der Waals surface area contributed by atoms with Gasteiger partial charge in [0.15, 0.2) is 0 Å². The second-order valence-corrected chi connectivity index (χ2v) is 5.57. The molecule has 5 heteroatoms. The van der Waals surface area contributed by atoms with Gasteiger partial charge in [-0.25, -0.2) is 9.97 Å². The quantitative estimate of drug-likeness (QED) is 0.855. The van der Waals surface area contributed by atoms with Gasteiger partial charge in [0.2, 0.25) is 5.95 Å². The van der Waals surface area contributed by atoms with E-state index in [1.807, 2.05) is 20.8 Å². The summed E-state index contributed by atoms with van der Waals surface area (Å²) in [6, 6.07) is 1.79. The van der Waals surface area contributed by atoms with Gasteiger partial charge in [0, 0.05) is 31.9 Å². The summed E-state index contributed by atoms with van der Waals surface area (Å²) in [5.74, 6) is 0.717. The molecular formula is C16H26N4O. The van der Waals surface area contributed by atoms with Crippen molar-refractivity contribution in [1.82, 2.24) is 14.9 Å². The lowest BCUT2D eigenvalue weighted by Crippen LogP contribution is -2.32. The molecule has 0 radical (unpaired) electrons. The zero-order chi connectivity index (χ0) is 15.2. The van der Waals surface area contributed by atoms with Crippen LogP contribution in [0.1, 0.15) is 55.7 Å². The molecule has 1 aromatic rings. The smallest absolute Gasteiger partial charge is 0.272 e. The number of aromatic nitrogens is 2. The minimum atomic E-state index is 0.00146. The van der Waals surface area contributed by atoms with E-state index in [2.05, 4.69) is 14.9 Å². The fourth-order valence-electron chi connectivity index (χ4n) is 2.75. The molecule has 116 valence electrons. The number of nitrogens with zero attached hydrogens (tertiary/aromatic N) is 4. The van der Waals surface area contributed by atoms with E-state index in [1.54, 1.807) is 11.0 Å². The third-order valence-electron chi connectivity index (χ3n) is 4.00. The van der Waals surface area contributed by atoms with Crippen molar-refractivity contribution in [2.24, 2.45) is 0 Å². The maximum absolute atomic E-state index is 12.5. The maximum atomic E-state index is 12.5. The molecule has 5 nitrogen and oxygen atoms in total. The molecule has 1 aliphatic heterocycles. The number of rotatable bonds is 4. The molecule has 0 aliphatic carbocycles. The number of hydrogen-bond acceptors (Lipinski definition) is 4. The standard InChI is InChI=1S/C16H26N4O/c1-4-19(5-2)15(21)14-12-13(3)17-16(18-14)20-10-8-6-7-9-11-20/h12H,4-11H2,1-3H3. The summed E-state index contributed by atoms with van der Waals surface area (Å²) in [5, 5.41) is 0. The lowest BCUT2D eigenvalue weighted by molar-refractivity contribution is 0.0767. The summed E-state index contributed by atoms with van der Waals surface area (Å²) in [4.78, 5) is 25.6. The monoisotopic (exact) mass is 290 g/mol. The number of carbonyl (C=O) groups is 1. The average Bonchev–Trinajstić information content (AvgIpc) is 2.77. The molecule has 0 N–H and O–H groups in total. The van der Waals surface area contributed by atoms with E-state index in [9.17, 15) is 4.79 Å². The first-order valence-electron chi connectivity index (χ1n) is 8.05. The van der Waals surface area contributed by atoms with E-state index in [4.69, 9.17) is 0 Å². The molecule has 0 saturated carbocycles. The van der Waals surface area contributed by atoms with Crippen molar-refractivity contribution >= 4 is 11.9 Å². The highest BCUT2D eigenvalue weighted by atomic mass is 16.2. The predicted molar refractivity (Wildman–Crippen MR) is 84.7 cm³/mol. The van der Waals surface area contributed by atoms with Crippen molar-refractivity contribution in [2.45, 2.75) is 46.5 Å². The largest absolute Gasteiger partial charge is 0.341 e. The SMILES string of the molecule is CCN(CC)C(=O)c1cc(C)nc(N2CCCCCC2)n1. The third-order valence-corrected chi connectivity index (χ3v) is 4.00. The van der Waals surface area contributed by atoms with Crippen LogP contribution in [0, 0.1) is 6.92 Å². The summed E-state index contributed by atoms with van der Waals surface area (Å²) in [6.45, 7) is 9.30. The zero-order valence-electron chi connectivity index (χ0n) is 13.4. The Hall–Kier alpha value is -1.65. The molecular weight excluding hydrogens is 264 g/mol. The molecule has 1 amide bonds. The van der Waals surface area contributed by atoms with Crippen LogP contribution in [0.3, 0.4) is 0 Å². The fourth-order valence-corrected chi connectivity index (χ4v) is 2.75. The van der Waals surface area contributed by atoms with E-state index < -0.39 is 0 Å². The Labute approximate surface area is 127 Å². The molecule has 0 atom stereocenters. The molecule has 1 saturated heterocycles. The second kappa shape index (κ2) is 7.38. The van der Waals surface area contributed by atoms with Gasteiger partial charge in [-0.2, -0.15) is 0 Å². The highest BCUT2D eigenvalue weighted by molar-refractivity contribution is 5.92. The summed E-state index contributed by atoms with van der Waals surface area (Å²) < 4.78 is 0. The molecule has 0 unspecified atom stereocenters. The Kier molecular flexibility index (Phi) is 5.53. The van der Waals surface area contributed by atoms with Crippen LogP contribution in [-0.2, 0) is 0 Å². The van der Waals surface area contributed by atoms with Crippen molar-refractivity contribution in [2.75, 3.05) is 31.1 Å². The first-order chi connectivity index (χ1) is 10.2. The van der Waals surface area contributed by atoms with Crippen LogP contribution in [0.15, 0.2) is 6.07 Å². The molecule has 1 aromatic heterocycles. The van der Waals surface area contributed by atoms with Gasteiger partial charge < -0.3 is 9.80 Å². The van der Waals surface area contributed by atoms with Gasteiger partial charge in [0.25, 0.3) is 5.91 Å². The normalized spacial score (nSPS) is 15.7. The molecule has 2 rings (SSSR count). The molecule has 1 aliphatic rings. The van der Waals surface area contributed by atoms with Gasteiger partial charge in [-0.05, 0) is 39.7 Å². The number of carbonyl (C=O) groups excluding carboxylic acids is 1. The summed E-state index contributed by atoms with van der Waals surface area (Å²) in [5.41, 5.74) is 1.38. The van der Waals surface area contributed by atoms with Crippen LogP contribution in [0.2, 0.25) is 0 Å². The maximum Gasteiger partial charge on any atom is 0.272 e. The van der Waals surface area contributed by atoms with Crippen LogP contribution < -0.4 is 4.90 Å². The van der Waals surface area contributed by atoms with E-state index in [-0.39, 0.29) is 5.91 Å². The highest BCUT2D eigenvalue weighted by Crippen LogP contribution is 2.17. The highest BCUT2D eigenvalue weighted by Gasteiger charge is 2.19. The van der Waals surface area contributed by atoms with Gasteiger partial charge in [-0.3, -0.25) is 4.79 Å². The summed E-state index contributed by atoms with van der Waals surface area (Å²) in [7, 11) is 0. The Morgan fingerprint density at radius 1 is 1.14 bits per heavy atom. The zero-order valence-corrected chi connectivity index (χ0v) is 13.4. The first kappa shape index (κ1) is 15.7. The van der Waals surface area contributed by atoms with Gasteiger partial charge in [0.05, 0.1) is 0 Å². The van der Waals surface area contributed by atoms with Crippen molar-refractivity contribution < 1.29 is 4.79 Å². The Morgan fingerprint density at radius 2 is 1.76 bits per heavy atom. The fraction of sp³-hybridized carbons (Fsp3) is 0.688. The van der Waals surface area contributed by atoms with Crippen LogP contribution >= 0.6 is 0 Å². The van der Waals surface area contributed by atoms with Crippen molar-refractivity contribution in [3.63, 3.8) is 0 Å². The van der Waals surface area contributed by atoms with Crippen molar-refractivity contribution in [3.8, 4) is 0 Å². The van der Waals surface area contributed by atoms with Crippen LogP contribution in [-0.4, -0.2) is 47.0 Å². The predicted octanol–water partition coefficient (Wildman–Crippen LogP) is 2.65. The van der Waals surface area contributed by atoms with E-state index in [0.29, 0.717) is 24.7 Å². The van der Waals surface area contributed by atoms with Gasteiger partial charge in [0.1, 0.15) is 5.69 Å². The van der Waals surface area contributed by atoms with Crippen LogP contribution in [0.25, 0.3) is 0 Å². The van der Waals surface area contributed by atoms with Gasteiger partial charge >= 0.3 is 0 Å². The van der Waals surface area contributed by atoms with E-state index in [0.717, 1.165) is 18.8 Å². The minimum Gasteiger partial charge on any atom is -0.341 e. The third kappa shape index (κ3) is 3.93. The Bertz CT molecular complexity index is 477. The van der Waals surface area contributed by atoms with Crippen LogP contribution in [0.5, 0.6) is 0 Å². The lowest BCUT2D eigenvalue weighted by Gasteiger charge is -2.22. The number of aryl methyl sites for hydroxylation is 1. The summed E-state index contributed by atoms with van der Waals surface area (Å²) >= 11 is 0. The molecule has 21 heavy (non-hydrogen) atoms. The molecule has 0 aromatic carbocycles. The number of hydrogen-bond donors (Lipinski definition) is 0. The molecule has 2 heterocycles. The average molecular weight is 290 g/mol. The van der Waals surface area contributed by atoms with Crippen LogP contribution in [0.4, 0.5) is 5.95 Å². The first-order valence-corrected chi connectivity index (χ1v) is 8.05. The Balaban J connectivity index is 2.25. The Morgan fingerprint density at radius 3 is 2.33 bits per heavy atom. The number of amides is 1. The van der Waals surface area contributed by atoms with E-state index in [1.165, 1.54) is 25.7 Å².